The molecule has 2 saturated heterocycles. The molecule has 2 bridgehead atoms. The number of carbonyl (C=O) groups excluding carboxylic acids is 1. The lowest BCUT2D eigenvalue weighted by atomic mass is 9.95. The third kappa shape index (κ3) is 4.57. The Morgan fingerprint density at radius 1 is 1.37 bits per heavy atom. The van der Waals surface area contributed by atoms with Gasteiger partial charge in [-0.1, -0.05) is 0 Å². The molecule has 2 fully saturated rings. The Hall–Kier alpha value is -3.55. The van der Waals surface area contributed by atoms with Crippen LogP contribution in [0.25, 0.3) is 16.9 Å². The van der Waals surface area contributed by atoms with Gasteiger partial charge < -0.3 is 20.5 Å². The molecule has 0 saturated carbocycles. The lowest BCUT2D eigenvalue weighted by Crippen LogP contribution is -2.42. The number of nitrogens with one attached hydrogen (secondary N) is 2. The van der Waals surface area contributed by atoms with Gasteiger partial charge in [0, 0.05) is 6.20 Å². The number of ether oxygens (including phenoxy) is 1. The van der Waals surface area contributed by atoms with Gasteiger partial charge in [0.2, 0.25) is 0 Å². The number of halogens is 1. The molecule has 0 aliphatic carbocycles. The van der Waals surface area contributed by atoms with Crippen molar-refractivity contribution in [3.8, 4) is 17.5 Å². The summed E-state index contributed by atoms with van der Waals surface area (Å²) in [6, 6.07) is 9.36. The first-order valence-electron chi connectivity index (χ1n) is 11.7. The highest BCUT2D eigenvalue weighted by Gasteiger charge is 2.41. The summed E-state index contributed by atoms with van der Waals surface area (Å²) < 4.78 is 21.9. The lowest BCUT2D eigenvalue weighted by Gasteiger charge is -2.24. The zero-order valence-corrected chi connectivity index (χ0v) is 19.5. The summed E-state index contributed by atoms with van der Waals surface area (Å²) in [6.45, 7) is 2.39. The highest BCUT2D eigenvalue weighted by molar-refractivity contribution is 6.00. The first-order chi connectivity index (χ1) is 16.7. The Bertz CT molecular complexity index is 1310. The summed E-state index contributed by atoms with van der Waals surface area (Å²) in [6.07, 6.45) is 4.49. The zero-order valence-electron chi connectivity index (χ0n) is 19.5. The van der Waals surface area contributed by atoms with Crippen LogP contribution in [-0.4, -0.2) is 62.2 Å². The molecular weight excluding hydrogens is 451 g/mol. The van der Waals surface area contributed by atoms with Crippen molar-refractivity contribution < 1.29 is 19.0 Å². The van der Waals surface area contributed by atoms with E-state index in [0.717, 1.165) is 24.8 Å². The fourth-order valence-corrected chi connectivity index (χ4v) is 4.67. The van der Waals surface area contributed by atoms with Crippen LogP contribution in [0.5, 0.6) is 0 Å². The molecule has 2 aliphatic heterocycles. The molecule has 9 nitrogen and oxygen atoms in total. The van der Waals surface area contributed by atoms with E-state index in [-0.39, 0.29) is 30.4 Å². The van der Waals surface area contributed by atoms with Gasteiger partial charge in [-0.05, 0) is 57.4 Å². The van der Waals surface area contributed by atoms with E-state index in [1.54, 1.807) is 16.6 Å². The number of carbonyl (C=O) groups is 1. The number of aliphatic hydroxyl groups is 1. The molecule has 182 valence electrons. The molecule has 0 aromatic carbocycles. The Morgan fingerprint density at radius 3 is 2.89 bits per heavy atom. The molecule has 3 aromatic rings. The maximum Gasteiger partial charge on any atom is 0.255 e. The van der Waals surface area contributed by atoms with Crippen molar-refractivity contribution in [1.29, 1.82) is 5.26 Å². The SMILES string of the molecule is CC(C)(O)[C@H](F)CNC(=O)c1cnc(-c2ccc3cc(C#N)cnn23)cc1NC1CC2CCC1O2. The number of anilines is 1. The third-order valence-electron chi connectivity index (χ3n) is 6.70. The van der Waals surface area contributed by atoms with Crippen LogP contribution in [-0.2, 0) is 4.74 Å². The molecular formula is C25H27FN6O3. The van der Waals surface area contributed by atoms with Crippen molar-refractivity contribution in [2.24, 2.45) is 0 Å². The van der Waals surface area contributed by atoms with E-state index in [0.29, 0.717) is 22.6 Å². The largest absolute Gasteiger partial charge is 0.387 e. The fraction of sp³-hybridized carbons (Fsp3) is 0.440. The van der Waals surface area contributed by atoms with Crippen LogP contribution in [0, 0.1) is 11.3 Å². The third-order valence-corrected chi connectivity index (χ3v) is 6.70. The molecule has 5 rings (SSSR count). The van der Waals surface area contributed by atoms with Crippen LogP contribution in [0.15, 0.2) is 36.7 Å². The van der Waals surface area contributed by atoms with Crippen LogP contribution in [0.4, 0.5) is 10.1 Å². The van der Waals surface area contributed by atoms with Gasteiger partial charge in [0.05, 0.1) is 70.3 Å². The minimum absolute atomic E-state index is 0.0567. The van der Waals surface area contributed by atoms with Gasteiger partial charge in [-0.15, -0.1) is 0 Å². The van der Waals surface area contributed by atoms with Crippen molar-refractivity contribution in [1.82, 2.24) is 19.9 Å². The van der Waals surface area contributed by atoms with Crippen molar-refractivity contribution in [2.75, 3.05) is 11.9 Å². The van der Waals surface area contributed by atoms with E-state index in [9.17, 15) is 14.3 Å². The van der Waals surface area contributed by atoms with Crippen LogP contribution >= 0.6 is 0 Å². The normalized spacial score (nSPS) is 22.2. The number of hydrogen-bond acceptors (Lipinski definition) is 7. The first-order valence-corrected chi connectivity index (χ1v) is 11.7. The summed E-state index contributed by atoms with van der Waals surface area (Å²) in [5, 5.41) is 29.4. The zero-order chi connectivity index (χ0) is 24.7. The maximum atomic E-state index is 14.2. The smallest absolute Gasteiger partial charge is 0.255 e. The Morgan fingerprint density at radius 2 is 2.20 bits per heavy atom. The Labute approximate surface area is 201 Å². The molecule has 5 heterocycles. The van der Waals surface area contributed by atoms with E-state index in [2.05, 4.69) is 26.8 Å². The number of amides is 1. The van der Waals surface area contributed by atoms with E-state index >= 15 is 0 Å². The number of hydrogen-bond donors (Lipinski definition) is 3. The summed E-state index contributed by atoms with van der Waals surface area (Å²) >= 11 is 0. The van der Waals surface area contributed by atoms with E-state index in [4.69, 9.17) is 10.00 Å². The highest BCUT2D eigenvalue weighted by Crippen LogP contribution is 2.37. The predicted octanol–water partition coefficient (Wildman–Crippen LogP) is 2.84. The van der Waals surface area contributed by atoms with E-state index in [1.807, 2.05) is 12.1 Å². The summed E-state index contributed by atoms with van der Waals surface area (Å²) in [5.74, 6) is -0.487. The van der Waals surface area contributed by atoms with Crippen LogP contribution in [0.3, 0.4) is 0 Å². The average molecular weight is 479 g/mol. The van der Waals surface area contributed by atoms with Crippen LogP contribution in [0.2, 0.25) is 0 Å². The van der Waals surface area contributed by atoms with Crippen LogP contribution < -0.4 is 10.6 Å². The standard InChI is InChI=1S/C25H27FN6O3/c1-25(2,34)23(26)13-29-24(33)17-12-28-19(9-18(17)31-20-8-16-4-6-22(20)35-16)21-5-3-15-7-14(10-27)11-30-32(15)21/h3,5,7,9,11-12,16,20,22-23,34H,4,6,8,13H2,1-2H3,(H,28,31)(H,29,33)/t16?,20?,22?,23-/m1/s1. The second kappa shape index (κ2) is 8.91. The molecule has 10 heteroatoms. The minimum Gasteiger partial charge on any atom is -0.387 e. The molecule has 3 N–H and O–H groups in total. The predicted molar refractivity (Wildman–Crippen MR) is 127 cm³/mol. The Kier molecular flexibility index (Phi) is 5.91. The average Bonchev–Trinajstić information content (AvgIpc) is 3.57. The van der Waals surface area contributed by atoms with Gasteiger partial charge in [-0.3, -0.25) is 9.78 Å². The number of alkyl halides is 1. The van der Waals surface area contributed by atoms with Gasteiger partial charge in [0.15, 0.2) is 0 Å². The molecule has 0 radical (unpaired) electrons. The Balaban J connectivity index is 1.46. The number of pyridine rings is 1. The van der Waals surface area contributed by atoms with Crippen molar-refractivity contribution in [2.45, 2.75) is 63.1 Å². The van der Waals surface area contributed by atoms with Gasteiger partial charge in [0.25, 0.3) is 5.91 Å². The molecule has 3 aromatic heterocycles. The van der Waals surface area contributed by atoms with Gasteiger partial charge in [-0.2, -0.15) is 10.4 Å². The fourth-order valence-electron chi connectivity index (χ4n) is 4.67. The maximum absolute atomic E-state index is 14.2. The summed E-state index contributed by atoms with van der Waals surface area (Å²) in [7, 11) is 0. The number of aromatic nitrogens is 3. The monoisotopic (exact) mass is 478 g/mol. The molecule has 1 amide bonds. The van der Waals surface area contributed by atoms with Crippen molar-refractivity contribution >= 4 is 17.1 Å². The van der Waals surface area contributed by atoms with Crippen molar-refractivity contribution in [3.05, 3.63) is 47.8 Å². The molecule has 2 aliphatic rings. The molecule has 3 unspecified atom stereocenters. The quantitative estimate of drug-likeness (QED) is 0.477. The van der Waals surface area contributed by atoms with E-state index in [1.165, 1.54) is 26.2 Å². The van der Waals surface area contributed by atoms with Crippen LogP contribution in [0.1, 0.15) is 49.0 Å². The minimum atomic E-state index is -1.62. The molecule has 4 atom stereocenters. The summed E-state index contributed by atoms with van der Waals surface area (Å²) in [5.41, 5.74) is 1.78. The number of fused-ring (bicyclic) bond motifs is 3. The van der Waals surface area contributed by atoms with Gasteiger partial charge >= 0.3 is 0 Å². The van der Waals surface area contributed by atoms with E-state index < -0.39 is 17.7 Å². The van der Waals surface area contributed by atoms with Gasteiger partial charge in [0.1, 0.15) is 12.2 Å². The van der Waals surface area contributed by atoms with Crippen molar-refractivity contribution in [3.63, 3.8) is 0 Å². The number of nitrogens with zero attached hydrogens (tertiary/aromatic N) is 4. The second-order valence-corrected chi connectivity index (χ2v) is 9.72. The summed E-state index contributed by atoms with van der Waals surface area (Å²) in [4.78, 5) is 17.5. The van der Waals surface area contributed by atoms with Gasteiger partial charge in [-0.25, -0.2) is 8.91 Å². The second-order valence-electron chi connectivity index (χ2n) is 9.72. The number of rotatable bonds is 7. The topological polar surface area (TPSA) is 125 Å². The first kappa shape index (κ1) is 23.2. The molecule has 0 spiro atoms. The molecule has 35 heavy (non-hydrogen) atoms. The highest BCUT2D eigenvalue weighted by atomic mass is 19.1. The number of nitriles is 1. The lowest BCUT2D eigenvalue weighted by molar-refractivity contribution is -0.00177.